The topological polar surface area (TPSA) is 35.5 Å². The number of aryl methyl sites for hydroxylation is 1. The maximum Gasteiger partial charge on any atom is 0.367 e. The molecule has 34 heavy (non-hydrogen) atoms. The van der Waals surface area contributed by atoms with E-state index in [2.05, 4.69) is 45.3 Å². The zero-order valence-electron chi connectivity index (χ0n) is 22.1. The molecular formula is C30H46NO3+. The van der Waals surface area contributed by atoms with Gasteiger partial charge in [-0.25, -0.2) is 4.79 Å². The van der Waals surface area contributed by atoms with Crippen LogP contribution < -0.4 is 4.74 Å². The number of unbranched alkanes of at least 4 members (excludes halogenated alkanes) is 7. The lowest BCUT2D eigenvalue weighted by molar-refractivity contribution is -0.917. The summed E-state index contributed by atoms with van der Waals surface area (Å²) in [6, 6.07) is 18.1. The fraction of sp³-hybridized carbons (Fsp3) is 0.567. The van der Waals surface area contributed by atoms with Crippen LogP contribution in [-0.2, 0) is 22.5 Å². The lowest BCUT2D eigenvalue weighted by Crippen LogP contribution is -2.51. The minimum Gasteiger partial charge on any atom is -0.455 e. The van der Waals surface area contributed by atoms with Gasteiger partial charge in [-0.1, -0.05) is 100 Å². The number of nitrogens with zero attached hydrogens (tertiary/aromatic N) is 1. The zero-order chi connectivity index (χ0) is 24.8. The van der Waals surface area contributed by atoms with Gasteiger partial charge in [-0.3, -0.25) is 0 Å². The largest absolute Gasteiger partial charge is 0.455 e. The van der Waals surface area contributed by atoms with E-state index in [9.17, 15) is 4.79 Å². The number of hydrogen-bond donors (Lipinski definition) is 0. The number of rotatable bonds is 16. The highest BCUT2D eigenvalue weighted by Gasteiger charge is 2.33. The molecule has 2 unspecified atom stereocenters. The Labute approximate surface area is 207 Å². The van der Waals surface area contributed by atoms with Gasteiger partial charge in [0.05, 0.1) is 14.1 Å². The lowest BCUT2D eigenvalue weighted by Gasteiger charge is -2.35. The zero-order valence-corrected chi connectivity index (χ0v) is 22.1. The Morgan fingerprint density at radius 3 is 2.09 bits per heavy atom. The summed E-state index contributed by atoms with van der Waals surface area (Å²) < 4.78 is 12.3. The molecule has 0 aliphatic heterocycles. The second-order valence-electron chi connectivity index (χ2n) is 10.1. The number of esters is 1. The van der Waals surface area contributed by atoms with Crippen molar-refractivity contribution in [1.82, 2.24) is 0 Å². The highest BCUT2D eigenvalue weighted by molar-refractivity contribution is 5.74. The van der Waals surface area contributed by atoms with E-state index in [1.165, 1.54) is 56.1 Å². The van der Waals surface area contributed by atoms with Crippen molar-refractivity contribution >= 4 is 5.97 Å². The highest BCUT2D eigenvalue weighted by Crippen LogP contribution is 2.23. The third-order valence-corrected chi connectivity index (χ3v) is 6.67. The fourth-order valence-electron chi connectivity index (χ4n) is 4.22. The molecule has 0 aliphatic carbocycles. The molecule has 0 amide bonds. The van der Waals surface area contributed by atoms with Gasteiger partial charge >= 0.3 is 5.97 Å². The van der Waals surface area contributed by atoms with Gasteiger partial charge in [0.25, 0.3) is 0 Å². The summed E-state index contributed by atoms with van der Waals surface area (Å²) in [4.78, 5) is 12.9. The van der Waals surface area contributed by atoms with E-state index < -0.39 is 6.29 Å². The Bertz CT molecular complexity index is 834. The summed E-state index contributed by atoms with van der Waals surface area (Å²) >= 11 is 0. The van der Waals surface area contributed by atoms with Gasteiger partial charge in [0.2, 0.25) is 6.29 Å². The number of hydrogen-bond acceptors (Lipinski definition) is 3. The number of quaternary nitrogens is 1. The first-order valence-corrected chi connectivity index (χ1v) is 13.1. The van der Waals surface area contributed by atoms with Crippen molar-refractivity contribution in [3.63, 3.8) is 0 Å². The standard InChI is InChI=1S/C30H46NO3/c1-6-7-8-9-10-11-12-16-21-28-22-17-18-23-29(28)33-26(3)34-30(32)25(2)31(4,5)24-27-19-14-13-15-20-27/h13-15,17-20,22-23,25-26H,6-12,16,21,24H2,1-5H3/q+1. The molecule has 0 saturated heterocycles. The maximum atomic E-state index is 12.9. The van der Waals surface area contributed by atoms with Gasteiger partial charge in [0.15, 0.2) is 6.04 Å². The molecule has 188 valence electrons. The SMILES string of the molecule is CCCCCCCCCCc1ccccc1OC(C)OC(=O)C(C)[N+](C)(C)Cc1ccccc1. The van der Waals surface area contributed by atoms with Crippen molar-refractivity contribution < 1.29 is 18.8 Å². The maximum absolute atomic E-state index is 12.9. The van der Waals surface area contributed by atoms with Gasteiger partial charge in [-0.05, 0) is 31.4 Å². The molecule has 0 N–H and O–H groups in total. The van der Waals surface area contributed by atoms with Crippen LogP contribution in [-0.4, -0.2) is 36.9 Å². The summed E-state index contributed by atoms with van der Waals surface area (Å²) in [6.45, 7) is 6.74. The molecule has 0 spiro atoms. The highest BCUT2D eigenvalue weighted by atomic mass is 16.7. The third kappa shape index (κ3) is 9.89. The smallest absolute Gasteiger partial charge is 0.367 e. The first-order chi connectivity index (χ1) is 16.3. The van der Waals surface area contributed by atoms with E-state index in [1.54, 1.807) is 6.92 Å². The summed E-state index contributed by atoms with van der Waals surface area (Å²) in [7, 11) is 4.12. The predicted octanol–water partition coefficient (Wildman–Crippen LogP) is 7.30. The van der Waals surface area contributed by atoms with Crippen LogP contribution in [0.15, 0.2) is 54.6 Å². The van der Waals surface area contributed by atoms with Crippen LogP contribution in [0.25, 0.3) is 0 Å². The molecule has 0 heterocycles. The van der Waals surface area contributed by atoms with Gasteiger partial charge in [-0.15, -0.1) is 0 Å². The average molecular weight is 469 g/mol. The minimum absolute atomic E-state index is 0.242. The van der Waals surface area contributed by atoms with E-state index in [-0.39, 0.29) is 12.0 Å². The van der Waals surface area contributed by atoms with Gasteiger partial charge in [-0.2, -0.15) is 0 Å². The molecule has 0 fully saturated rings. The molecule has 4 heteroatoms. The number of para-hydroxylation sites is 1. The lowest BCUT2D eigenvalue weighted by atomic mass is 10.0. The van der Waals surface area contributed by atoms with Crippen molar-refractivity contribution in [1.29, 1.82) is 0 Å². The van der Waals surface area contributed by atoms with Gasteiger partial charge in [0.1, 0.15) is 12.3 Å². The average Bonchev–Trinajstić information content (AvgIpc) is 2.81. The first kappa shape index (κ1) is 27.9. The van der Waals surface area contributed by atoms with Crippen LogP contribution in [0.1, 0.15) is 83.3 Å². The van der Waals surface area contributed by atoms with E-state index >= 15 is 0 Å². The van der Waals surface area contributed by atoms with Crippen molar-refractivity contribution in [2.75, 3.05) is 14.1 Å². The molecular weight excluding hydrogens is 422 g/mol. The molecule has 2 atom stereocenters. The van der Waals surface area contributed by atoms with Crippen molar-refractivity contribution in [3.05, 3.63) is 65.7 Å². The number of likely N-dealkylation sites (N-methyl/N-ethyl adjacent to an activating group) is 1. The second-order valence-corrected chi connectivity index (χ2v) is 10.1. The molecule has 0 radical (unpaired) electrons. The van der Waals surface area contributed by atoms with Gasteiger partial charge < -0.3 is 14.0 Å². The van der Waals surface area contributed by atoms with Crippen LogP contribution in [0.4, 0.5) is 0 Å². The summed E-state index contributed by atoms with van der Waals surface area (Å²) in [5.74, 6) is 0.574. The van der Waals surface area contributed by atoms with E-state index in [0.717, 1.165) is 25.1 Å². The van der Waals surface area contributed by atoms with Crippen LogP contribution in [0.5, 0.6) is 5.75 Å². The van der Waals surface area contributed by atoms with Crippen LogP contribution in [0.2, 0.25) is 0 Å². The second kappa shape index (κ2) is 14.8. The number of ether oxygens (including phenoxy) is 2. The summed E-state index contributed by atoms with van der Waals surface area (Å²) in [5.41, 5.74) is 2.39. The molecule has 2 aromatic carbocycles. The van der Waals surface area contributed by atoms with Crippen LogP contribution in [0.3, 0.4) is 0 Å². The molecule has 4 nitrogen and oxygen atoms in total. The predicted molar refractivity (Wildman–Crippen MR) is 141 cm³/mol. The van der Waals surface area contributed by atoms with E-state index in [0.29, 0.717) is 4.48 Å². The number of carbonyl (C=O) groups is 1. The molecule has 2 rings (SSSR count). The Morgan fingerprint density at radius 2 is 1.41 bits per heavy atom. The van der Waals surface area contributed by atoms with E-state index in [1.807, 2.05) is 37.3 Å². The molecule has 0 saturated carbocycles. The molecule has 0 aromatic heterocycles. The van der Waals surface area contributed by atoms with Crippen molar-refractivity contribution in [2.45, 2.75) is 97.4 Å². The molecule has 0 aliphatic rings. The van der Waals surface area contributed by atoms with Gasteiger partial charge in [0, 0.05) is 12.5 Å². The Morgan fingerprint density at radius 1 is 0.824 bits per heavy atom. The normalized spacial score (nSPS) is 13.3. The van der Waals surface area contributed by atoms with Crippen LogP contribution >= 0.6 is 0 Å². The number of benzene rings is 2. The van der Waals surface area contributed by atoms with Crippen molar-refractivity contribution in [2.24, 2.45) is 0 Å². The van der Waals surface area contributed by atoms with Crippen molar-refractivity contribution in [3.8, 4) is 5.75 Å². The summed E-state index contributed by atoms with van der Waals surface area (Å²) in [5, 5.41) is 0. The Kier molecular flexibility index (Phi) is 12.2. The molecule has 0 bridgehead atoms. The number of carbonyl (C=O) groups excluding carboxylic acids is 1. The summed E-state index contributed by atoms with van der Waals surface area (Å²) in [6.07, 6.45) is 10.8. The molecule has 2 aromatic rings. The quantitative estimate of drug-likeness (QED) is 0.112. The fourth-order valence-corrected chi connectivity index (χ4v) is 4.22. The van der Waals surface area contributed by atoms with Crippen LogP contribution in [0, 0.1) is 0 Å². The minimum atomic E-state index is -0.633. The Balaban J connectivity index is 1.81. The van der Waals surface area contributed by atoms with E-state index in [4.69, 9.17) is 9.47 Å². The first-order valence-electron chi connectivity index (χ1n) is 13.1. The Hall–Kier alpha value is -2.33. The monoisotopic (exact) mass is 468 g/mol. The third-order valence-electron chi connectivity index (χ3n) is 6.67.